The van der Waals surface area contributed by atoms with Gasteiger partial charge >= 0.3 is 5.97 Å². The highest BCUT2D eigenvalue weighted by molar-refractivity contribution is 5.94. The standard InChI is InChI=1S/C10H15NO3/c1-8(2)11-7-10(9(12)13)3-5-14-6-4-10/h7H,1,3-6H2,2H3,(H,12,13). The molecule has 0 aromatic rings. The molecule has 78 valence electrons. The van der Waals surface area contributed by atoms with Crippen molar-refractivity contribution < 1.29 is 14.6 Å². The van der Waals surface area contributed by atoms with Crippen molar-refractivity contribution in [3.8, 4) is 0 Å². The van der Waals surface area contributed by atoms with E-state index in [9.17, 15) is 4.79 Å². The molecule has 0 spiro atoms. The minimum absolute atomic E-state index is 0.481. The second kappa shape index (κ2) is 4.37. The molecule has 0 aromatic heterocycles. The molecule has 1 fully saturated rings. The zero-order chi connectivity index (χ0) is 10.6. The van der Waals surface area contributed by atoms with Crippen LogP contribution in [-0.2, 0) is 9.53 Å². The van der Waals surface area contributed by atoms with Gasteiger partial charge in [-0.1, -0.05) is 6.58 Å². The lowest BCUT2D eigenvalue weighted by molar-refractivity contribution is -0.148. The molecule has 0 amide bonds. The molecule has 1 saturated heterocycles. The summed E-state index contributed by atoms with van der Waals surface area (Å²) in [5.41, 5.74) is -0.228. The number of aliphatic carboxylic acids is 1. The summed E-state index contributed by atoms with van der Waals surface area (Å²) in [5, 5.41) is 9.13. The number of carboxylic acids is 1. The lowest BCUT2D eigenvalue weighted by Gasteiger charge is -2.29. The Morgan fingerprint density at radius 1 is 1.57 bits per heavy atom. The van der Waals surface area contributed by atoms with E-state index in [4.69, 9.17) is 9.84 Å². The number of carbonyl (C=O) groups is 1. The third kappa shape index (κ3) is 2.42. The van der Waals surface area contributed by atoms with Gasteiger partial charge in [0.2, 0.25) is 0 Å². The van der Waals surface area contributed by atoms with Crippen LogP contribution in [0.3, 0.4) is 0 Å². The van der Waals surface area contributed by atoms with E-state index in [0.717, 1.165) is 0 Å². The highest BCUT2D eigenvalue weighted by Gasteiger charge is 2.38. The van der Waals surface area contributed by atoms with E-state index in [-0.39, 0.29) is 0 Å². The van der Waals surface area contributed by atoms with Gasteiger partial charge in [-0.2, -0.15) is 0 Å². The van der Waals surface area contributed by atoms with Crippen molar-refractivity contribution >= 4 is 12.2 Å². The lowest BCUT2D eigenvalue weighted by atomic mass is 9.81. The van der Waals surface area contributed by atoms with Crippen LogP contribution in [0.4, 0.5) is 0 Å². The number of hydrogen-bond acceptors (Lipinski definition) is 3. The summed E-state index contributed by atoms with van der Waals surface area (Å²) in [4.78, 5) is 15.1. The van der Waals surface area contributed by atoms with Gasteiger partial charge in [-0.15, -0.1) is 0 Å². The van der Waals surface area contributed by atoms with Gasteiger partial charge < -0.3 is 9.84 Å². The summed E-state index contributed by atoms with van der Waals surface area (Å²) in [5.74, 6) is -0.828. The van der Waals surface area contributed by atoms with Crippen LogP contribution < -0.4 is 0 Å². The minimum atomic E-state index is -0.850. The van der Waals surface area contributed by atoms with Crippen molar-refractivity contribution in [2.75, 3.05) is 13.2 Å². The van der Waals surface area contributed by atoms with Crippen molar-refractivity contribution in [3.05, 3.63) is 12.3 Å². The summed E-state index contributed by atoms with van der Waals surface area (Å²) in [6, 6.07) is 0. The van der Waals surface area contributed by atoms with Gasteiger partial charge in [0.15, 0.2) is 0 Å². The van der Waals surface area contributed by atoms with E-state index in [1.54, 1.807) is 6.92 Å². The van der Waals surface area contributed by atoms with Crippen LogP contribution in [0.25, 0.3) is 0 Å². The Labute approximate surface area is 83.3 Å². The van der Waals surface area contributed by atoms with Gasteiger partial charge in [0.1, 0.15) is 5.41 Å². The first-order valence-corrected chi connectivity index (χ1v) is 4.59. The number of carboxylic acid groups (broad SMARTS) is 1. The fourth-order valence-corrected chi connectivity index (χ4v) is 1.37. The minimum Gasteiger partial charge on any atom is -0.481 e. The summed E-state index contributed by atoms with van der Waals surface area (Å²) in [6.45, 7) is 6.31. The number of aliphatic imine (C=N–C) groups is 1. The Balaban J connectivity index is 2.80. The SMILES string of the molecule is C=C(C)N=CC1(C(=O)O)CCOCC1. The summed E-state index contributed by atoms with van der Waals surface area (Å²) in [7, 11) is 0. The highest BCUT2D eigenvalue weighted by atomic mass is 16.5. The fraction of sp³-hybridized carbons (Fsp3) is 0.600. The van der Waals surface area contributed by atoms with E-state index >= 15 is 0 Å². The molecule has 1 N–H and O–H groups in total. The molecule has 0 bridgehead atoms. The first-order chi connectivity index (χ1) is 6.57. The molecule has 1 rings (SSSR count). The molecule has 4 heteroatoms. The Morgan fingerprint density at radius 3 is 2.57 bits per heavy atom. The molecule has 4 nitrogen and oxygen atoms in total. The lowest BCUT2D eigenvalue weighted by Crippen LogP contribution is -2.38. The second-order valence-corrected chi connectivity index (χ2v) is 3.57. The third-order valence-corrected chi connectivity index (χ3v) is 2.34. The van der Waals surface area contributed by atoms with Crippen LogP contribution in [0.2, 0.25) is 0 Å². The number of nitrogens with zero attached hydrogens (tertiary/aromatic N) is 1. The van der Waals surface area contributed by atoms with Crippen molar-refractivity contribution in [2.24, 2.45) is 10.4 Å². The van der Waals surface area contributed by atoms with E-state index in [2.05, 4.69) is 11.6 Å². The number of hydrogen-bond donors (Lipinski definition) is 1. The molecule has 1 aliphatic heterocycles. The fourth-order valence-electron chi connectivity index (χ4n) is 1.37. The van der Waals surface area contributed by atoms with E-state index in [1.807, 2.05) is 0 Å². The molecule has 1 aliphatic rings. The van der Waals surface area contributed by atoms with Crippen molar-refractivity contribution in [2.45, 2.75) is 19.8 Å². The highest BCUT2D eigenvalue weighted by Crippen LogP contribution is 2.29. The smallest absolute Gasteiger partial charge is 0.315 e. The van der Waals surface area contributed by atoms with Crippen LogP contribution >= 0.6 is 0 Å². The topological polar surface area (TPSA) is 58.9 Å². The van der Waals surface area contributed by atoms with Crippen LogP contribution in [0.1, 0.15) is 19.8 Å². The molecule has 0 saturated carbocycles. The van der Waals surface area contributed by atoms with E-state index in [0.29, 0.717) is 31.8 Å². The van der Waals surface area contributed by atoms with Gasteiger partial charge in [-0.05, 0) is 19.8 Å². The maximum absolute atomic E-state index is 11.1. The van der Waals surface area contributed by atoms with Gasteiger partial charge in [0, 0.05) is 25.1 Å². The van der Waals surface area contributed by atoms with Crippen molar-refractivity contribution in [1.82, 2.24) is 0 Å². The molecule has 0 radical (unpaired) electrons. The summed E-state index contributed by atoms with van der Waals surface area (Å²) < 4.78 is 5.13. The predicted molar refractivity (Wildman–Crippen MR) is 53.4 cm³/mol. The molecular formula is C10H15NO3. The maximum atomic E-state index is 11.1. The van der Waals surface area contributed by atoms with Crippen molar-refractivity contribution in [3.63, 3.8) is 0 Å². The van der Waals surface area contributed by atoms with Gasteiger partial charge in [-0.25, -0.2) is 0 Å². The monoisotopic (exact) mass is 197 g/mol. The molecule has 0 atom stereocenters. The number of allylic oxidation sites excluding steroid dienone is 1. The molecule has 1 heterocycles. The summed E-state index contributed by atoms with van der Waals surface area (Å²) >= 11 is 0. The molecular weight excluding hydrogens is 182 g/mol. The Morgan fingerprint density at radius 2 is 2.14 bits per heavy atom. The van der Waals surface area contributed by atoms with Gasteiger partial charge in [-0.3, -0.25) is 9.79 Å². The summed E-state index contributed by atoms with van der Waals surface area (Å²) in [6.07, 6.45) is 2.47. The van der Waals surface area contributed by atoms with Crippen LogP contribution in [0.15, 0.2) is 17.3 Å². The second-order valence-electron chi connectivity index (χ2n) is 3.57. The Bertz CT molecular complexity index is 265. The van der Waals surface area contributed by atoms with Crippen molar-refractivity contribution in [1.29, 1.82) is 0 Å². The number of rotatable bonds is 3. The number of ether oxygens (including phenoxy) is 1. The van der Waals surface area contributed by atoms with E-state index in [1.165, 1.54) is 6.21 Å². The van der Waals surface area contributed by atoms with Crippen LogP contribution in [0, 0.1) is 5.41 Å². The Hall–Kier alpha value is -1.16. The molecule has 0 unspecified atom stereocenters. The zero-order valence-electron chi connectivity index (χ0n) is 8.32. The van der Waals surface area contributed by atoms with Gasteiger partial charge in [0.05, 0.1) is 0 Å². The average molecular weight is 197 g/mol. The third-order valence-electron chi connectivity index (χ3n) is 2.34. The first-order valence-electron chi connectivity index (χ1n) is 4.59. The normalized spacial score (nSPS) is 20.9. The predicted octanol–water partition coefficient (Wildman–Crippen LogP) is 1.47. The van der Waals surface area contributed by atoms with E-state index < -0.39 is 11.4 Å². The molecule has 0 aliphatic carbocycles. The maximum Gasteiger partial charge on any atom is 0.315 e. The zero-order valence-corrected chi connectivity index (χ0v) is 8.32. The Kier molecular flexibility index (Phi) is 3.41. The van der Waals surface area contributed by atoms with Gasteiger partial charge in [0.25, 0.3) is 0 Å². The quantitative estimate of drug-likeness (QED) is 0.697. The largest absolute Gasteiger partial charge is 0.481 e. The van der Waals surface area contributed by atoms with Crippen LogP contribution in [-0.4, -0.2) is 30.5 Å². The molecule has 0 aromatic carbocycles. The van der Waals surface area contributed by atoms with Crippen LogP contribution in [0.5, 0.6) is 0 Å². The first kappa shape index (κ1) is 10.9. The molecule has 14 heavy (non-hydrogen) atoms. The average Bonchev–Trinajstić information content (AvgIpc) is 2.16.